The minimum Gasteiger partial charge on any atom is -0.308 e. The first-order valence-electron chi connectivity index (χ1n) is 8.42. The first kappa shape index (κ1) is 16.5. The molecule has 2 aromatic carbocycles. The highest BCUT2D eigenvalue weighted by molar-refractivity contribution is 5.94. The van der Waals surface area contributed by atoms with Gasteiger partial charge < -0.3 is 9.47 Å². The average Bonchev–Trinajstić information content (AvgIpc) is 2.60. The van der Waals surface area contributed by atoms with Crippen LogP contribution in [0, 0.1) is 0 Å². The summed E-state index contributed by atoms with van der Waals surface area (Å²) < 4.78 is 1.90. The standard InChI is InChI=1S/C21H24N2O/c1-16(22(2)3)13-14-23-20-12-8-7-11-18(20)19(15-21(23)24)17-9-5-4-6-10-17/h4-12,15-16H,13-14H2,1-3H3. The highest BCUT2D eigenvalue weighted by Gasteiger charge is 2.11. The number of aromatic nitrogens is 1. The van der Waals surface area contributed by atoms with E-state index < -0.39 is 0 Å². The van der Waals surface area contributed by atoms with Crippen molar-refractivity contribution in [2.24, 2.45) is 0 Å². The number of nitrogens with zero attached hydrogens (tertiary/aromatic N) is 2. The molecule has 0 aliphatic carbocycles. The minimum absolute atomic E-state index is 0.0681. The molecular weight excluding hydrogens is 296 g/mol. The molecule has 0 bridgehead atoms. The summed E-state index contributed by atoms with van der Waals surface area (Å²) in [5.41, 5.74) is 3.17. The van der Waals surface area contributed by atoms with Crippen molar-refractivity contribution in [3.8, 4) is 11.1 Å². The predicted molar refractivity (Wildman–Crippen MR) is 101 cm³/mol. The van der Waals surface area contributed by atoms with Crippen LogP contribution in [0.1, 0.15) is 13.3 Å². The smallest absolute Gasteiger partial charge is 0.251 e. The fourth-order valence-corrected chi connectivity index (χ4v) is 3.00. The molecule has 1 heterocycles. The van der Waals surface area contributed by atoms with E-state index in [0.29, 0.717) is 6.04 Å². The van der Waals surface area contributed by atoms with E-state index >= 15 is 0 Å². The van der Waals surface area contributed by atoms with Crippen molar-refractivity contribution >= 4 is 10.9 Å². The molecule has 0 saturated heterocycles. The third kappa shape index (κ3) is 3.26. The fraction of sp³-hybridized carbons (Fsp3) is 0.286. The molecule has 124 valence electrons. The van der Waals surface area contributed by atoms with Crippen LogP contribution < -0.4 is 5.56 Å². The van der Waals surface area contributed by atoms with Crippen LogP contribution >= 0.6 is 0 Å². The van der Waals surface area contributed by atoms with Crippen LogP contribution in [0.5, 0.6) is 0 Å². The first-order valence-corrected chi connectivity index (χ1v) is 8.42. The van der Waals surface area contributed by atoms with E-state index in [4.69, 9.17) is 0 Å². The van der Waals surface area contributed by atoms with E-state index in [1.165, 1.54) is 0 Å². The van der Waals surface area contributed by atoms with Gasteiger partial charge in [-0.2, -0.15) is 0 Å². The summed E-state index contributed by atoms with van der Waals surface area (Å²) in [5.74, 6) is 0. The second kappa shape index (κ2) is 7.02. The molecule has 1 aromatic heterocycles. The zero-order valence-electron chi connectivity index (χ0n) is 14.6. The molecule has 0 saturated carbocycles. The number of benzene rings is 2. The van der Waals surface area contributed by atoms with E-state index in [2.05, 4.69) is 44.1 Å². The lowest BCUT2D eigenvalue weighted by Gasteiger charge is -2.21. The van der Waals surface area contributed by atoms with Gasteiger partial charge in [0.25, 0.3) is 5.56 Å². The Balaban J connectivity index is 2.10. The molecule has 3 heteroatoms. The van der Waals surface area contributed by atoms with Crippen LogP contribution in [-0.4, -0.2) is 29.6 Å². The van der Waals surface area contributed by atoms with E-state index in [1.54, 1.807) is 6.07 Å². The van der Waals surface area contributed by atoms with Crippen molar-refractivity contribution in [2.45, 2.75) is 25.9 Å². The summed E-state index contributed by atoms with van der Waals surface area (Å²) in [6, 6.07) is 20.5. The Morgan fingerprint density at radius 1 is 1.00 bits per heavy atom. The quantitative estimate of drug-likeness (QED) is 0.710. The fourth-order valence-electron chi connectivity index (χ4n) is 3.00. The van der Waals surface area contributed by atoms with Gasteiger partial charge >= 0.3 is 0 Å². The van der Waals surface area contributed by atoms with Gasteiger partial charge in [-0.25, -0.2) is 0 Å². The molecule has 1 unspecified atom stereocenters. The highest BCUT2D eigenvalue weighted by Crippen LogP contribution is 2.27. The molecule has 24 heavy (non-hydrogen) atoms. The van der Waals surface area contributed by atoms with Crippen LogP contribution in [0.15, 0.2) is 65.5 Å². The number of aryl methyl sites for hydroxylation is 1. The van der Waals surface area contributed by atoms with Gasteiger partial charge in [0, 0.05) is 24.0 Å². The summed E-state index contributed by atoms with van der Waals surface area (Å²) >= 11 is 0. The summed E-state index contributed by atoms with van der Waals surface area (Å²) in [5, 5.41) is 1.13. The third-order valence-corrected chi connectivity index (χ3v) is 4.76. The lowest BCUT2D eigenvalue weighted by Crippen LogP contribution is -2.28. The minimum atomic E-state index is 0.0681. The molecule has 3 nitrogen and oxygen atoms in total. The molecule has 1 atom stereocenters. The second-order valence-electron chi connectivity index (χ2n) is 6.53. The molecule has 0 amide bonds. The SMILES string of the molecule is CC(CCn1c(=O)cc(-c2ccccc2)c2ccccc21)N(C)C. The largest absolute Gasteiger partial charge is 0.308 e. The molecule has 0 radical (unpaired) electrons. The number of hydrogen-bond donors (Lipinski definition) is 0. The Morgan fingerprint density at radius 3 is 2.38 bits per heavy atom. The number of fused-ring (bicyclic) bond motifs is 1. The van der Waals surface area contributed by atoms with Crippen molar-refractivity contribution in [3.05, 3.63) is 71.0 Å². The number of rotatable bonds is 5. The molecule has 0 fully saturated rings. The van der Waals surface area contributed by atoms with Crippen molar-refractivity contribution < 1.29 is 0 Å². The van der Waals surface area contributed by atoms with Crippen LogP contribution in [0.4, 0.5) is 0 Å². The van der Waals surface area contributed by atoms with Crippen molar-refractivity contribution in [3.63, 3.8) is 0 Å². The van der Waals surface area contributed by atoms with Gasteiger partial charge in [0.05, 0.1) is 5.52 Å². The molecule has 0 aliphatic rings. The van der Waals surface area contributed by atoms with Gasteiger partial charge in [-0.05, 0) is 44.6 Å². The van der Waals surface area contributed by atoms with E-state index in [1.807, 2.05) is 41.0 Å². The van der Waals surface area contributed by atoms with Crippen LogP contribution in [0.25, 0.3) is 22.0 Å². The topological polar surface area (TPSA) is 25.2 Å². The molecule has 3 rings (SSSR count). The molecule has 0 spiro atoms. The Bertz CT molecular complexity index is 881. The van der Waals surface area contributed by atoms with Gasteiger partial charge in [-0.15, -0.1) is 0 Å². The predicted octanol–water partition coefficient (Wildman–Crippen LogP) is 4.01. The van der Waals surface area contributed by atoms with Gasteiger partial charge in [0.2, 0.25) is 0 Å². The molecule has 3 aromatic rings. The summed E-state index contributed by atoms with van der Waals surface area (Å²) in [4.78, 5) is 14.9. The maximum absolute atomic E-state index is 12.8. The lowest BCUT2D eigenvalue weighted by atomic mass is 10.0. The molecule has 0 N–H and O–H groups in total. The zero-order chi connectivity index (χ0) is 17.1. The Labute approximate surface area is 143 Å². The monoisotopic (exact) mass is 320 g/mol. The Kier molecular flexibility index (Phi) is 4.81. The van der Waals surface area contributed by atoms with Crippen molar-refractivity contribution in [1.82, 2.24) is 9.47 Å². The highest BCUT2D eigenvalue weighted by atomic mass is 16.1. The first-order chi connectivity index (χ1) is 11.6. The molecular formula is C21H24N2O. The second-order valence-corrected chi connectivity index (χ2v) is 6.53. The van der Waals surface area contributed by atoms with Crippen molar-refractivity contribution in [2.75, 3.05) is 14.1 Å². The Hall–Kier alpha value is -2.39. The van der Waals surface area contributed by atoms with Crippen LogP contribution in [0.3, 0.4) is 0 Å². The summed E-state index contributed by atoms with van der Waals surface area (Å²) in [6.45, 7) is 2.92. The number of para-hydroxylation sites is 1. The maximum Gasteiger partial charge on any atom is 0.251 e. The van der Waals surface area contributed by atoms with Gasteiger partial charge in [0.15, 0.2) is 0 Å². The van der Waals surface area contributed by atoms with Crippen LogP contribution in [-0.2, 0) is 6.54 Å². The summed E-state index contributed by atoms with van der Waals surface area (Å²) in [6.07, 6.45) is 0.946. The maximum atomic E-state index is 12.8. The van der Waals surface area contributed by atoms with Crippen LogP contribution in [0.2, 0.25) is 0 Å². The summed E-state index contributed by atoms with van der Waals surface area (Å²) in [7, 11) is 4.15. The third-order valence-electron chi connectivity index (χ3n) is 4.76. The molecule has 0 aliphatic heterocycles. The van der Waals surface area contributed by atoms with Gasteiger partial charge in [-0.1, -0.05) is 48.5 Å². The van der Waals surface area contributed by atoms with E-state index in [0.717, 1.165) is 35.0 Å². The number of pyridine rings is 1. The van der Waals surface area contributed by atoms with E-state index in [-0.39, 0.29) is 5.56 Å². The van der Waals surface area contributed by atoms with Gasteiger partial charge in [0.1, 0.15) is 0 Å². The van der Waals surface area contributed by atoms with E-state index in [9.17, 15) is 4.79 Å². The lowest BCUT2D eigenvalue weighted by molar-refractivity contribution is 0.288. The normalized spacial score (nSPS) is 12.7. The van der Waals surface area contributed by atoms with Gasteiger partial charge in [-0.3, -0.25) is 4.79 Å². The number of hydrogen-bond acceptors (Lipinski definition) is 2. The van der Waals surface area contributed by atoms with Crippen molar-refractivity contribution in [1.29, 1.82) is 0 Å². The zero-order valence-corrected chi connectivity index (χ0v) is 14.6. The Morgan fingerprint density at radius 2 is 1.67 bits per heavy atom. The average molecular weight is 320 g/mol.